The third kappa shape index (κ3) is 3.88. The lowest BCUT2D eigenvalue weighted by Crippen LogP contribution is -2.04. The van der Waals surface area contributed by atoms with E-state index in [-0.39, 0.29) is 0 Å². The molecule has 0 N–H and O–H groups in total. The lowest BCUT2D eigenvalue weighted by Gasteiger charge is -2.05. The van der Waals surface area contributed by atoms with E-state index < -0.39 is 0 Å². The number of aromatic nitrogens is 1. The fraction of sp³-hybridized carbons (Fsp3) is 0.583. The van der Waals surface area contributed by atoms with Gasteiger partial charge in [-0.05, 0) is 31.9 Å². The number of pyridine rings is 1. The van der Waals surface area contributed by atoms with Crippen LogP contribution in [0.2, 0.25) is 0 Å². The molecule has 0 unspecified atom stereocenters. The average Bonchev–Trinajstić information content (AvgIpc) is 3.04. The molecule has 0 aliphatic carbocycles. The first-order valence-corrected chi connectivity index (χ1v) is 5.62. The molecule has 1 aliphatic rings. The fourth-order valence-electron chi connectivity index (χ4n) is 1.45. The van der Waals surface area contributed by atoms with E-state index in [9.17, 15) is 0 Å². The largest absolute Gasteiger partial charge is 0.478 e. The summed E-state index contributed by atoms with van der Waals surface area (Å²) in [6.07, 6.45) is 4.18. The Hall–Kier alpha value is -1.09. The molecule has 0 amide bonds. The summed E-state index contributed by atoms with van der Waals surface area (Å²) in [7, 11) is 0. The Bertz CT molecular complexity index is 293. The molecule has 2 rings (SSSR count). The lowest BCUT2D eigenvalue weighted by atomic mass is 10.3. The maximum Gasteiger partial charge on any atom is 0.213 e. The van der Waals surface area contributed by atoms with Gasteiger partial charge in [-0.2, -0.15) is 0 Å². The molecule has 0 bridgehead atoms. The van der Waals surface area contributed by atoms with Gasteiger partial charge in [0.25, 0.3) is 0 Å². The third-order valence-electron chi connectivity index (χ3n) is 2.54. The van der Waals surface area contributed by atoms with Gasteiger partial charge in [-0.3, -0.25) is 0 Å². The molecule has 0 atom stereocenters. The molecule has 1 saturated heterocycles. The van der Waals surface area contributed by atoms with Crippen LogP contribution >= 0.6 is 0 Å². The molecular weight excluding hydrogens is 188 g/mol. The smallest absolute Gasteiger partial charge is 0.213 e. The van der Waals surface area contributed by atoms with Crippen LogP contribution in [0.15, 0.2) is 18.3 Å². The Morgan fingerprint density at radius 1 is 1.33 bits per heavy atom. The highest BCUT2D eigenvalue weighted by atomic mass is 16.5. The van der Waals surface area contributed by atoms with Gasteiger partial charge in [-0.25, -0.2) is 4.98 Å². The van der Waals surface area contributed by atoms with Crippen LogP contribution in [0.3, 0.4) is 0 Å². The van der Waals surface area contributed by atoms with Crippen molar-refractivity contribution in [1.29, 1.82) is 0 Å². The fourth-order valence-corrected chi connectivity index (χ4v) is 1.45. The molecule has 2 heterocycles. The number of unbranched alkanes of at least 4 members (excludes halogenated alkanes) is 1. The van der Waals surface area contributed by atoms with E-state index in [1.807, 2.05) is 25.3 Å². The van der Waals surface area contributed by atoms with Crippen molar-refractivity contribution in [2.24, 2.45) is 0 Å². The Morgan fingerprint density at radius 3 is 2.87 bits per heavy atom. The van der Waals surface area contributed by atoms with Crippen molar-refractivity contribution in [3.63, 3.8) is 0 Å². The van der Waals surface area contributed by atoms with Crippen LogP contribution in [0.5, 0.6) is 5.88 Å². The van der Waals surface area contributed by atoms with Gasteiger partial charge >= 0.3 is 0 Å². The Labute approximate surface area is 91.1 Å². The van der Waals surface area contributed by atoms with E-state index in [1.54, 1.807) is 0 Å². The summed E-state index contributed by atoms with van der Waals surface area (Å²) in [5, 5.41) is 0. The van der Waals surface area contributed by atoms with Crippen LogP contribution in [0.4, 0.5) is 0 Å². The van der Waals surface area contributed by atoms with Gasteiger partial charge in [0.05, 0.1) is 6.61 Å². The van der Waals surface area contributed by atoms with Crippen molar-refractivity contribution < 1.29 is 4.74 Å². The minimum absolute atomic E-state index is 0.743. The zero-order chi connectivity index (χ0) is 10.5. The van der Waals surface area contributed by atoms with Crippen LogP contribution in [0.1, 0.15) is 18.4 Å². The maximum atomic E-state index is 5.53. The molecule has 0 aromatic carbocycles. The molecule has 82 valence electrons. The molecule has 3 nitrogen and oxygen atoms in total. The zero-order valence-corrected chi connectivity index (χ0v) is 9.28. The lowest BCUT2D eigenvalue weighted by molar-refractivity contribution is 0.291. The second kappa shape index (κ2) is 5.12. The number of rotatable bonds is 6. The predicted octanol–water partition coefficient (Wildman–Crippen LogP) is 1.86. The molecule has 15 heavy (non-hydrogen) atoms. The van der Waals surface area contributed by atoms with Crippen molar-refractivity contribution in [3.05, 3.63) is 23.9 Å². The topological polar surface area (TPSA) is 25.1 Å². The van der Waals surface area contributed by atoms with Crippen LogP contribution in [0, 0.1) is 6.92 Å². The molecule has 1 aromatic heterocycles. The molecule has 1 aliphatic heterocycles. The highest BCUT2D eigenvalue weighted by Crippen LogP contribution is 2.08. The SMILES string of the molecule is Cc1ccc(OCCCCN2CC2)nc1. The summed E-state index contributed by atoms with van der Waals surface area (Å²) >= 11 is 0. The Balaban J connectivity index is 1.58. The molecule has 0 saturated carbocycles. The van der Waals surface area contributed by atoms with E-state index in [0.29, 0.717) is 0 Å². The Kier molecular flexibility index (Phi) is 3.56. The van der Waals surface area contributed by atoms with Crippen molar-refractivity contribution >= 4 is 0 Å². The van der Waals surface area contributed by atoms with E-state index in [4.69, 9.17) is 4.74 Å². The van der Waals surface area contributed by atoms with Gasteiger partial charge < -0.3 is 9.64 Å². The maximum absolute atomic E-state index is 5.53. The quantitative estimate of drug-likeness (QED) is 0.524. The van der Waals surface area contributed by atoms with E-state index >= 15 is 0 Å². The average molecular weight is 206 g/mol. The number of ether oxygens (including phenoxy) is 1. The van der Waals surface area contributed by atoms with Crippen LogP contribution in [-0.4, -0.2) is 36.1 Å². The van der Waals surface area contributed by atoms with Crippen molar-refractivity contribution in [2.75, 3.05) is 26.2 Å². The van der Waals surface area contributed by atoms with Gasteiger partial charge in [0, 0.05) is 25.4 Å². The number of hydrogen-bond acceptors (Lipinski definition) is 3. The third-order valence-corrected chi connectivity index (χ3v) is 2.54. The van der Waals surface area contributed by atoms with Gasteiger partial charge in [-0.1, -0.05) is 6.07 Å². The molecule has 3 heteroatoms. The normalized spacial score (nSPS) is 15.3. The summed E-state index contributed by atoms with van der Waals surface area (Å²) in [6.45, 7) is 6.62. The van der Waals surface area contributed by atoms with Gasteiger partial charge in [-0.15, -0.1) is 0 Å². The van der Waals surface area contributed by atoms with E-state index in [1.165, 1.54) is 31.6 Å². The molecule has 1 fully saturated rings. The minimum Gasteiger partial charge on any atom is -0.478 e. The monoisotopic (exact) mass is 206 g/mol. The zero-order valence-electron chi connectivity index (χ0n) is 9.28. The second-order valence-corrected chi connectivity index (χ2v) is 4.07. The Morgan fingerprint density at radius 2 is 2.20 bits per heavy atom. The van der Waals surface area contributed by atoms with Crippen LogP contribution in [0.25, 0.3) is 0 Å². The van der Waals surface area contributed by atoms with Crippen molar-refractivity contribution in [1.82, 2.24) is 9.88 Å². The van der Waals surface area contributed by atoms with Gasteiger partial charge in [0.15, 0.2) is 0 Å². The summed E-state index contributed by atoms with van der Waals surface area (Å²) < 4.78 is 5.53. The highest BCUT2D eigenvalue weighted by Gasteiger charge is 2.15. The van der Waals surface area contributed by atoms with E-state index in [2.05, 4.69) is 9.88 Å². The first kappa shape index (κ1) is 10.4. The van der Waals surface area contributed by atoms with Crippen LogP contribution in [-0.2, 0) is 0 Å². The highest BCUT2D eigenvalue weighted by molar-refractivity contribution is 5.16. The molecular formula is C12H18N2O. The first-order chi connectivity index (χ1) is 7.34. The van der Waals surface area contributed by atoms with Crippen molar-refractivity contribution in [3.8, 4) is 5.88 Å². The van der Waals surface area contributed by atoms with Gasteiger partial charge in [0.1, 0.15) is 0 Å². The minimum atomic E-state index is 0.743. The number of nitrogens with zero attached hydrogens (tertiary/aromatic N) is 2. The molecule has 0 radical (unpaired) electrons. The summed E-state index contributed by atoms with van der Waals surface area (Å²) in [4.78, 5) is 6.63. The standard InChI is InChI=1S/C12H18N2O/c1-11-4-5-12(13-10-11)15-9-3-2-6-14-7-8-14/h4-5,10H,2-3,6-9H2,1H3. The second-order valence-electron chi connectivity index (χ2n) is 4.07. The van der Waals surface area contributed by atoms with Crippen molar-refractivity contribution in [2.45, 2.75) is 19.8 Å². The van der Waals surface area contributed by atoms with Gasteiger partial charge in [0.2, 0.25) is 5.88 Å². The molecule has 0 spiro atoms. The predicted molar refractivity (Wildman–Crippen MR) is 60.1 cm³/mol. The number of aryl methyl sites for hydroxylation is 1. The summed E-state index contributed by atoms with van der Waals surface area (Å²) in [5.74, 6) is 0.743. The first-order valence-electron chi connectivity index (χ1n) is 5.62. The summed E-state index contributed by atoms with van der Waals surface area (Å²) in [5.41, 5.74) is 1.17. The number of hydrogen-bond donors (Lipinski definition) is 0. The molecule has 1 aromatic rings. The van der Waals surface area contributed by atoms with Crippen LogP contribution < -0.4 is 4.74 Å². The summed E-state index contributed by atoms with van der Waals surface area (Å²) in [6, 6.07) is 3.96. The van der Waals surface area contributed by atoms with E-state index in [0.717, 1.165) is 18.9 Å².